The van der Waals surface area contributed by atoms with Gasteiger partial charge >= 0.3 is 6.03 Å². The summed E-state index contributed by atoms with van der Waals surface area (Å²) in [6.07, 6.45) is 3.08. The molecule has 4 aromatic rings. The van der Waals surface area contributed by atoms with Gasteiger partial charge in [0.15, 0.2) is 0 Å². The average Bonchev–Trinajstić information content (AvgIpc) is 3.48. The highest BCUT2D eigenvalue weighted by atomic mass is 16.5. The maximum absolute atomic E-state index is 13.3. The summed E-state index contributed by atoms with van der Waals surface area (Å²) in [6, 6.07) is 19.7. The van der Waals surface area contributed by atoms with Gasteiger partial charge in [-0.1, -0.05) is 0 Å². The number of benzene rings is 2. The monoisotopic (exact) mass is 627 g/mol. The van der Waals surface area contributed by atoms with Crippen molar-refractivity contribution in [1.29, 1.82) is 0 Å². The largest absolute Gasteiger partial charge is 0.392 e. The second-order valence-corrected chi connectivity index (χ2v) is 11.9. The second-order valence-electron chi connectivity index (χ2n) is 11.9. The molecular weight excluding hydrogens is 582 g/mol. The van der Waals surface area contributed by atoms with Crippen LogP contribution in [0, 0.1) is 0 Å². The first-order valence-corrected chi connectivity index (χ1v) is 15.9. The van der Waals surface area contributed by atoms with Gasteiger partial charge in [-0.2, -0.15) is 0 Å². The van der Waals surface area contributed by atoms with Gasteiger partial charge in [-0.3, -0.25) is 14.3 Å². The molecule has 11 heteroatoms. The minimum absolute atomic E-state index is 0.198. The number of carbonyl (C=O) groups is 2. The number of carbonyl (C=O) groups excluding carboxylic acids is 2. The summed E-state index contributed by atoms with van der Waals surface area (Å²) in [7, 11) is 1.61. The number of nitrogens with zero attached hydrogens (tertiary/aromatic N) is 5. The van der Waals surface area contributed by atoms with Crippen molar-refractivity contribution in [2.45, 2.75) is 45.9 Å². The molecule has 0 aliphatic carbocycles. The van der Waals surface area contributed by atoms with Gasteiger partial charge in [-0.05, 0) is 82.3 Å². The van der Waals surface area contributed by atoms with Gasteiger partial charge < -0.3 is 30.3 Å². The second kappa shape index (κ2) is 14.8. The van der Waals surface area contributed by atoms with Gasteiger partial charge in [0.1, 0.15) is 5.82 Å². The van der Waals surface area contributed by atoms with E-state index in [0.29, 0.717) is 49.8 Å². The Hall–Kier alpha value is -4.45. The molecule has 1 aliphatic rings. The minimum atomic E-state index is -0.359. The molecule has 1 fully saturated rings. The van der Waals surface area contributed by atoms with Crippen molar-refractivity contribution in [3.63, 3.8) is 0 Å². The molecule has 11 nitrogen and oxygen atoms in total. The lowest BCUT2D eigenvalue weighted by Gasteiger charge is -2.45. The van der Waals surface area contributed by atoms with Crippen molar-refractivity contribution in [2.75, 3.05) is 61.6 Å². The number of hydrogen-bond acceptors (Lipinski definition) is 8. The van der Waals surface area contributed by atoms with E-state index in [1.165, 1.54) is 0 Å². The number of aliphatic hydroxyl groups excluding tert-OH is 1. The van der Waals surface area contributed by atoms with E-state index >= 15 is 0 Å². The average molecular weight is 628 g/mol. The van der Waals surface area contributed by atoms with E-state index in [1.807, 2.05) is 74.5 Å². The number of aromatic nitrogens is 2. The van der Waals surface area contributed by atoms with Crippen LogP contribution in [-0.2, 0) is 4.74 Å². The Morgan fingerprint density at radius 3 is 2.43 bits per heavy atom. The van der Waals surface area contributed by atoms with E-state index in [1.54, 1.807) is 24.0 Å². The summed E-state index contributed by atoms with van der Waals surface area (Å²) in [6.45, 7) is 12.2. The van der Waals surface area contributed by atoms with Crippen molar-refractivity contribution in [3.8, 4) is 0 Å². The van der Waals surface area contributed by atoms with Gasteiger partial charge in [-0.25, -0.2) is 9.78 Å². The summed E-state index contributed by atoms with van der Waals surface area (Å²) in [4.78, 5) is 36.8. The first kappa shape index (κ1) is 32.9. The van der Waals surface area contributed by atoms with Crippen molar-refractivity contribution in [1.82, 2.24) is 19.8 Å². The summed E-state index contributed by atoms with van der Waals surface area (Å²) >= 11 is 0. The summed E-state index contributed by atoms with van der Waals surface area (Å²) in [5, 5.41) is 16.4. The summed E-state index contributed by atoms with van der Waals surface area (Å²) in [5.74, 6) is 0.203. The Balaban J connectivity index is 1.30. The molecule has 1 saturated heterocycles. The minimum Gasteiger partial charge on any atom is -0.392 e. The van der Waals surface area contributed by atoms with E-state index in [9.17, 15) is 14.7 Å². The highest BCUT2D eigenvalue weighted by Crippen LogP contribution is 2.30. The standard InChI is InChI=1S/C35H45N7O4/c1-6-46-18-17-40(30-11-12-32-28(19-30)14-16-41(32)35(45)36-5)31-13-15-37-33(20-31)38-34(44)27-7-9-29(10-8-27)39-21-24(2)42(23-26(4)43)25(3)22-39/h7-16,19-20,24-26,43H,6,17-18,21-23H2,1-5H3,(H,36,45)(H,37,38,44)/t24-,25+,26?. The molecule has 0 radical (unpaired) electrons. The Bertz CT molecular complexity index is 1630. The number of β-amino-alcohol motifs (C(OH)–C–C–N with tert-alkyl or cyclic N) is 1. The van der Waals surface area contributed by atoms with Crippen LogP contribution >= 0.6 is 0 Å². The lowest BCUT2D eigenvalue weighted by Crippen LogP contribution is -2.58. The molecule has 0 bridgehead atoms. The normalized spacial score (nSPS) is 17.6. The number of anilines is 4. The molecule has 1 unspecified atom stereocenters. The van der Waals surface area contributed by atoms with Gasteiger partial charge in [0, 0.05) is 98.4 Å². The number of amides is 2. The van der Waals surface area contributed by atoms with Gasteiger partial charge in [-0.15, -0.1) is 0 Å². The molecule has 5 rings (SSSR count). The van der Waals surface area contributed by atoms with E-state index in [2.05, 4.69) is 44.2 Å². The van der Waals surface area contributed by atoms with Crippen LogP contribution in [0.3, 0.4) is 0 Å². The number of rotatable bonds is 11. The lowest BCUT2D eigenvalue weighted by atomic mass is 10.1. The van der Waals surface area contributed by atoms with E-state index in [0.717, 1.165) is 41.1 Å². The van der Waals surface area contributed by atoms with Crippen LogP contribution in [-0.4, -0.2) is 96.1 Å². The zero-order valence-electron chi connectivity index (χ0n) is 27.3. The summed E-state index contributed by atoms with van der Waals surface area (Å²) < 4.78 is 7.26. The zero-order valence-corrected chi connectivity index (χ0v) is 27.3. The Morgan fingerprint density at radius 1 is 1.04 bits per heavy atom. The zero-order chi connectivity index (χ0) is 32.8. The molecule has 3 heterocycles. The van der Waals surface area contributed by atoms with Crippen LogP contribution in [0.5, 0.6) is 0 Å². The molecule has 2 aromatic heterocycles. The molecule has 3 N–H and O–H groups in total. The van der Waals surface area contributed by atoms with E-state index in [-0.39, 0.29) is 18.0 Å². The summed E-state index contributed by atoms with van der Waals surface area (Å²) in [5.41, 5.74) is 4.20. The molecule has 1 aliphatic heterocycles. The third-order valence-electron chi connectivity index (χ3n) is 8.45. The number of ether oxygens (including phenoxy) is 1. The molecular formula is C35H45N7O4. The number of fused-ring (bicyclic) bond motifs is 1. The fraction of sp³-hybridized carbons (Fsp3) is 0.400. The van der Waals surface area contributed by atoms with Gasteiger partial charge in [0.2, 0.25) is 0 Å². The Kier molecular flexibility index (Phi) is 10.6. The van der Waals surface area contributed by atoms with Crippen LogP contribution in [0.1, 0.15) is 38.1 Å². The Morgan fingerprint density at radius 2 is 1.76 bits per heavy atom. The Labute approximate surface area is 270 Å². The van der Waals surface area contributed by atoms with Crippen LogP contribution in [0.25, 0.3) is 10.9 Å². The van der Waals surface area contributed by atoms with E-state index < -0.39 is 0 Å². The predicted octanol–water partition coefficient (Wildman–Crippen LogP) is 4.93. The van der Waals surface area contributed by atoms with Crippen molar-refractivity contribution in [2.24, 2.45) is 0 Å². The third kappa shape index (κ3) is 7.50. The van der Waals surface area contributed by atoms with Crippen LogP contribution in [0.15, 0.2) is 73.1 Å². The lowest BCUT2D eigenvalue weighted by molar-refractivity contribution is 0.0653. The quantitative estimate of drug-likeness (QED) is 0.201. The van der Waals surface area contributed by atoms with Crippen LogP contribution < -0.4 is 20.4 Å². The number of pyridine rings is 1. The molecule has 2 amide bonds. The molecule has 244 valence electrons. The van der Waals surface area contributed by atoms with Crippen LogP contribution in [0.4, 0.5) is 27.7 Å². The van der Waals surface area contributed by atoms with Crippen molar-refractivity contribution in [3.05, 3.63) is 78.6 Å². The molecule has 0 saturated carbocycles. The van der Waals surface area contributed by atoms with Gasteiger partial charge in [0.05, 0.1) is 18.2 Å². The highest BCUT2D eigenvalue weighted by molar-refractivity contribution is 6.04. The topological polar surface area (TPSA) is 115 Å². The number of hydrogen-bond donors (Lipinski definition) is 3. The molecule has 46 heavy (non-hydrogen) atoms. The van der Waals surface area contributed by atoms with Crippen LogP contribution in [0.2, 0.25) is 0 Å². The predicted molar refractivity (Wildman–Crippen MR) is 183 cm³/mol. The first-order chi connectivity index (χ1) is 22.2. The fourth-order valence-corrected chi connectivity index (χ4v) is 6.20. The molecule has 0 spiro atoms. The van der Waals surface area contributed by atoms with Gasteiger partial charge in [0.25, 0.3) is 5.91 Å². The van der Waals surface area contributed by atoms with Crippen molar-refractivity contribution >= 4 is 45.7 Å². The maximum atomic E-state index is 13.3. The van der Waals surface area contributed by atoms with E-state index in [4.69, 9.17) is 4.74 Å². The number of nitrogens with one attached hydrogen (secondary N) is 2. The SMILES string of the molecule is CCOCCN(c1ccnc(NC(=O)c2ccc(N3C[C@@H](C)N(CC(C)O)[C@@H](C)C3)cc2)c1)c1ccc2c(ccn2C(=O)NC)c1. The number of piperazine rings is 1. The smallest absolute Gasteiger partial charge is 0.325 e. The highest BCUT2D eigenvalue weighted by Gasteiger charge is 2.30. The number of aliphatic hydroxyl groups is 1. The first-order valence-electron chi connectivity index (χ1n) is 15.9. The third-order valence-corrected chi connectivity index (χ3v) is 8.45. The molecule has 2 aromatic carbocycles. The fourth-order valence-electron chi connectivity index (χ4n) is 6.20. The van der Waals surface area contributed by atoms with Crippen molar-refractivity contribution < 1.29 is 19.4 Å². The molecule has 3 atom stereocenters. The maximum Gasteiger partial charge on any atom is 0.325 e.